The van der Waals surface area contributed by atoms with Crippen molar-refractivity contribution >= 4 is 36.5 Å². The summed E-state index contributed by atoms with van der Waals surface area (Å²) in [6, 6.07) is 12.3. The molecule has 10 heteroatoms. The first-order valence-corrected chi connectivity index (χ1v) is 17.0. The van der Waals surface area contributed by atoms with Crippen LogP contribution in [0.2, 0.25) is 0 Å². The molecule has 4 unspecified atom stereocenters. The van der Waals surface area contributed by atoms with Crippen LogP contribution in [0.5, 0.6) is 0 Å². The third-order valence-electron chi connectivity index (χ3n) is 7.27. The molecule has 48 heavy (non-hydrogen) atoms. The average Bonchev–Trinajstić information content (AvgIpc) is 2.99. The fraction of sp³-hybridized carbons (Fsp3) is 0.526. The Morgan fingerprint density at radius 1 is 0.833 bits per heavy atom. The Balaban J connectivity index is 2.68. The molecule has 0 aromatic heterocycles. The van der Waals surface area contributed by atoms with Gasteiger partial charge in [-0.15, -0.1) is 6.42 Å². The van der Waals surface area contributed by atoms with E-state index < -0.39 is 59.2 Å². The highest BCUT2D eigenvalue weighted by Crippen LogP contribution is 2.28. The Hall–Kier alpha value is -3.97. The number of ether oxygens (including phenoxy) is 2. The smallest absolute Gasteiger partial charge is 0.408 e. The van der Waals surface area contributed by atoms with Crippen LogP contribution in [-0.4, -0.2) is 63.9 Å². The van der Waals surface area contributed by atoms with Gasteiger partial charge in [-0.05, 0) is 90.5 Å². The van der Waals surface area contributed by atoms with Crippen molar-refractivity contribution in [3.8, 4) is 12.3 Å². The third kappa shape index (κ3) is 13.3. The van der Waals surface area contributed by atoms with Gasteiger partial charge in [-0.2, -0.15) is 12.6 Å². The molecule has 0 aliphatic carbocycles. The number of carbonyl (C=O) groups excluding carboxylic acids is 4. The first kappa shape index (κ1) is 40.2. The molecular formula is C38H53N3O6S. The van der Waals surface area contributed by atoms with Crippen molar-refractivity contribution in [2.24, 2.45) is 5.92 Å². The van der Waals surface area contributed by atoms with Crippen molar-refractivity contribution in [3.05, 3.63) is 71.3 Å². The van der Waals surface area contributed by atoms with Gasteiger partial charge < -0.3 is 25.0 Å². The number of carbonyl (C=O) groups is 4. The monoisotopic (exact) mass is 679 g/mol. The van der Waals surface area contributed by atoms with Crippen LogP contribution < -0.4 is 10.6 Å². The summed E-state index contributed by atoms with van der Waals surface area (Å²) >= 11 is 4.40. The Kier molecular flexibility index (Phi) is 15.1. The summed E-state index contributed by atoms with van der Waals surface area (Å²) < 4.78 is 11.1. The van der Waals surface area contributed by atoms with Crippen LogP contribution in [0.15, 0.2) is 54.6 Å². The lowest BCUT2D eigenvalue weighted by Gasteiger charge is -2.39. The van der Waals surface area contributed by atoms with Crippen LogP contribution in [0.4, 0.5) is 4.79 Å². The van der Waals surface area contributed by atoms with E-state index in [0.29, 0.717) is 23.5 Å². The van der Waals surface area contributed by atoms with E-state index in [2.05, 4.69) is 43.0 Å². The fourth-order valence-corrected chi connectivity index (χ4v) is 5.24. The van der Waals surface area contributed by atoms with Gasteiger partial charge in [0, 0.05) is 23.8 Å². The minimum atomic E-state index is -1.20. The Morgan fingerprint density at radius 2 is 1.42 bits per heavy atom. The molecule has 0 saturated carbocycles. The molecule has 262 valence electrons. The molecule has 0 aliphatic rings. The van der Waals surface area contributed by atoms with Gasteiger partial charge in [0.05, 0.1) is 0 Å². The van der Waals surface area contributed by atoms with Gasteiger partial charge in [0.25, 0.3) is 0 Å². The maximum atomic E-state index is 14.6. The molecule has 2 aromatic rings. The van der Waals surface area contributed by atoms with E-state index in [4.69, 9.17) is 15.9 Å². The summed E-state index contributed by atoms with van der Waals surface area (Å²) in [7, 11) is 0. The Labute approximate surface area is 292 Å². The highest BCUT2D eigenvalue weighted by Gasteiger charge is 2.40. The van der Waals surface area contributed by atoms with Crippen LogP contribution in [0, 0.1) is 18.3 Å². The first-order valence-electron chi connectivity index (χ1n) is 16.4. The van der Waals surface area contributed by atoms with E-state index in [-0.39, 0.29) is 12.2 Å². The normalized spacial score (nSPS) is 14.1. The number of thiol groups is 1. The van der Waals surface area contributed by atoms with Crippen LogP contribution in [-0.2, 0) is 30.3 Å². The van der Waals surface area contributed by atoms with Gasteiger partial charge in [0.2, 0.25) is 11.8 Å². The standard InChI is InChI=1S/C38H53N3O6S/c1-11-27-19-21-29(22-20-27)32(33(42)39-30(35(44)46-37(5,6)7)23-28-15-13-12-14-16-28)41(26(4)18-17-25(2)3)34(43)31(24-48)40-36(45)47-38(8,9)10/h1,12-16,19-22,25-26,30-32,48H,17-18,23-24H2,2-10H3,(H,39,42)(H,40,45). The summed E-state index contributed by atoms with van der Waals surface area (Å²) in [5.74, 6) is 1.14. The third-order valence-corrected chi connectivity index (χ3v) is 7.64. The van der Waals surface area contributed by atoms with Crippen LogP contribution in [0.3, 0.4) is 0 Å². The summed E-state index contributed by atoms with van der Waals surface area (Å²) in [4.78, 5) is 56.9. The quantitative estimate of drug-likeness (QED) is 0.124. The summed E-state index contributed by atoms with van der Waals surface area (Å²) in [5.41, 5.74) is 0.295. The predicted molar refractivity (Wildman–Crippen MR) is 192 cm³/mol. The molecule has 0 heterocycles. The minimum Gasteiger partial charge on any atom is -0.458 e. The zero-order valence-electron chi connectivity index (χ0n) is 29.8. The van der Waals surface area contributed by atoms with Gasteiger partial charge in [0.1, 0.15) is 29.3 Å². The maximum absolute atomic E-state index is 14.6. The molecule has 2 aromatic carbocycles. The molecule has 9 nitrogen and oxygen atoms in total. The number of amides is 3. The maximum Gasteiger partial charge on any atom is 0.408 e. The molecule has 0 aliphatic heterocycles. The van der Waals surface area contributed by atoms with Crippen molar-refractivity contribution in [2.45, 2.75) is 117 Å². The van der Waals surface area contributed by atoms with E-state index >= 15 is 0 Å². The first-order chi connectivity index (χ1) is 22.3. The highest BCUT2D eigenvalue weighted by molar-refractivity contribution is 7.80. The van der Waals surface area contributed by atoms with E-state index in [1.807, 2.05) is 37.3 Å². The summed E-state index contributed by atoms with van der Waals surface area (Å²) in [6.45, 7) is 16.5. The van der Waals surface area contributed by atoms with Crippen LogP contribution in [0.1, 0.15) is 97.9 Å². The number of rotatable bonds is 14. The van der Waals surface area contributed by atoms with Crippen molar-refractivity contribution < 1.29 is 28.7 Å². The summed E-state index contributed by atoms with van der Waals surface area (Å²) in [5, 5.41) is 5.56. The Morgan fingerprint density at radius 3 is 1.92 bits per heavy atom. The Bertz CT molecular complexity index is 1410. The number of terminal acetylenes is 1. The lowest BCUT2D eigenvalue weighted by Crippen LogP contribution is -2.57. The molecule has 4 atom stereocenters. The zero-order chi connectivity index (χ0) is 36.2. The lowest BCUT2D eigenvalue weighted by atomic mass is 9.96. The number of nitrogens with one attached hydrogen (secondary N) is 2. The second-order valence-electron chi connectivity index (χ2n) is 14.4. The number of esters is 1. The van der Waals surface area contributed by atoms with E-state index in [1.165, 1.54) is 4.90 Å². The molecule has 0 bridgehead atoms. The summed E-state index contributed by atoms with van der Waals surface area (Å²) in [6.07, 6.45) is 6.35. The number of benzene rings is 2. The molecular weight excluding hydrogens is 626 g/mol. The molecule has 0 saturated heterocycles. The molecule has 2 rings (SSSR count). The van der Waals surface area contributed by atoms with E-state index in [0.717, 1.165) is 12.0 Å². The topological polar surface area (TPSA) is 114 Å². The van der Waals surface area contributed by atoms with Gasteiger partial charge in [-0.25, -0.2) is 9.59 Å². The number of hydrogen-bond acceptors (Lipinski definition) is 7. The molecule has 0 radical (unpaired) electrons. The van der Waals surface area contributed by atoms with Gasteiger partial charge in [-0.3, -0.25) is 9.59 Å². The second kappa shape index (κ2) is 18.0. The number of hydrogen-bond donors (Lipinski definition) is 3. The molecule has 2 N–H and O–H groups in total. The van der Waals surface area contributed by atoms with Crippen molar-refractivity contribution in [3.63, 3.8) is 0 Å². The minimum absolute atomic E-state index is 0.0512. The van der Waals surface area contributed by atoms with Crippen LogP contribution in [0.25, 0.3) is 0 Å². The van der Waals surface area contributed by atoms with Gasteiger partial charge >= 0.3 is 12.1 Å². The second-order valence-corrected chi connectivity index (χ2v) is 14.8. The fourth-order valence-electron chi connectivity index (χ4n) is 4.99. The van der Waals surface area contributed by atoms with Crippen molar-refractivity contribution in [1.29, 1.82) is 0 Å². The predicted octanol–water partition coefficient (Wildman–Crippen LogP) is 6.25. The van der Waals surface area contributed by atoms with Crippen molar-refractivity contribution in [2.75, 3.05) is 5.75 Å². The molecule has 0 fully saturated rings. The van der Waals surface area contributed by atoms with Gasteiger partial charge in [-0.1, -0.05) is 62.2 Å². The van der Waals surface area contributed by atoms with E-state index in [1.54, 1.807) is 65.8 Å². The van der Waals surface area contributed by atoms with E-state index in [9.17, 15) is 19.2 Å². The number of alkyl carbamates (subject to hydrolysis) is 1. The molecule has 3 amide bonds. The van der Waals surface area contributed by atoms with Crippen molar-refractivity contribution in [1.82, 2.24) is 15.5 Å². The largest absolute Gasteiger partial charge is 0.458 e. The van der Waals surface area contributed by atoms with Gasteiger partial charge in [0.15, 0.2) is 0 Å². The lowest BCUT2D eigenvalue weighted by molar-refractivity contribution is -0.159. The average molecular weight is 680 g/mol. The zero-order valence-corrected chi connectivity index (χ0v) is 30.7. The highest BCUT2D eigenvalue weighted by atomic mass is 32.1. The number of nitrogens with zero attached hydrogens (tertiary/aromatic N) is 1. The SMILES string of the molecule is C#Cc1ccc(C(C(=O)NC(Cc2ccccc2)C(=O)OC(C)(C)C)N(C(=O)C(CS)NC(=O)OC(C)(C)C)C(C)CCC(C)C)cc1. The van der Waals surface area contributed by atoms with Crippen LogP contribution >= 0.6 is 12.6 Å². The molecule has 0 spiro atoms.